The normalized spacial score (nSPS) is 11.3. The molecule has 0 fully saturated rings. The second-order valence-corrected chi connectivity index (χ2v) is 33.3. The Labute approximate surface area is 747 Å². The van der Waals surface area contributed by atoms with Gasteiger partial charge in [-0.15, -0.1) is 22.7 Å². The van der Waals surface area contributed by atoms with E-state index in [4.69, 9.17) is 55.3 Å². The van der Waals surface area contributed by atoms with Gasteiger partial charge in [0, 0.05) is 95.3 Å². The summed E-state index contributed by atoms with van der Waals surface area (Å²) in [6, 6.07) is 137. The Hall–Kier alpha value is -16.4. The highest BCUT2D eigenvalue weighted by Crippen LogP contribution is 2.49. The summed E-state index contributed by atoms with van der Waals surface area (Å²) in [4.78, 5) is 29.4. The molecule has 18 aromatic carbocycles. The Morgan fingerprint density at radius 2 is 0.570 bits per heavy atom. The molecule has 0 saturated carbocycles. The van der Waals surface area contributed by atoms with E-state index in [1.165, 1.54) is 91.6 Å². The zero-order valence-corrected chi connectivity index (χ0v) is 70.4. The van der Waals surface area contributed by atoms with Gasteiger partial charge in [-0.2, -0.15) is 20.5 Å². The molecule has 12 nitrogen and oxygen atoms in total. The van der Waals surface area contributed by atoms with Crippen LogP contribution < -0.4 is 4.65 Å². The van der Waals surface area contributed by atoms with E-state index in [9.17, 15) is 5.26 Å². The molecule has 6 heterocycles. The van der Waals surface area contributed by atoms with Gasteiger partial charge < -0.3 is 18.5 Å². The smallest absolute Gasteiger partial charge is 0.535 e. The SMILES string of the molecule is Clc1nc(-c2ccccc2)nc(-c2cccc3c2sc2c(-c4ccc5cccc(-c6ccccc6)c5c4)cccc23)n1.N#Cc1cccc(-c2cccc3c2oc2c(-c4nc(-c5ccccc5)nc(-c5cccc6c5sc5c(-c7ccc8cccc(-c9ccccc9)c8c7)cccc56)n4)cccc23)c1.N#Cc1cccc(-c2cccc3c2oc2c(O[B]O)cccc23)c1. The zero-order valence-electron chi connectivity index (χ0n) is 68.0. The van der Waals surface area contributed by atoms with Crippen molar-refractivity contribution in [2.24, 2.45) is 0 Å². The van der Waals surface area contributed by atoms with Gasteiger partial charge in [0.1, 0.15) is 22.5 Å². The number of benzene rings is 18. The van der Waals surface area contributed by atoms with Crippen LogP contribution in [0.15, 0.2) is 397 Å². The summed E-state index contributed by atoms with van der Waals surface area (Å²) in [5.41, 5.74) is 21.7. The van der Waals surface area contributed by atoms with Crippen LogP contribution in [0.2, 0.25) is 5.28 Å². The van der Waals surface area contributed by atoms with Gasteiger partial charge in [0.05, 0.1) is 28.8 Å². The second kappa shape index (κ2) is 33.4. The number of halogens is 1. The van der Waals surface area contributed by atoms with Gasteiger partial charge in [-0.1, -0.05) is 328 Å². The highest BCUT2D eigenvalue weighted by Gasteiger charge is 2.25. The van der Waals surface area contributed by atoms with Crippen LogP contribution in [0.5, 0.6) is 5.75 Å². The van der Waals surface area contributed by atoms with Gasteiger partial charge in [-0.3, -0.25) is 0 Å². The fourth-order valence-electron chi connectivity index (χ4n) is 17.5. The fourth-order valence-corrected chi connectivity index (χ4v) is 20.3. The van der Waals surface area contributed by atoms with Gasteiger partial charge in [-0.25, -0.2) is 19.9 Å². The van der Waals surface area contributed by atoms with Crippen LogP contribution in [0.4, 0.5) is 0 Å². The first-order chi connectivity index (χ1) is 63.2. The average molecular weight is 1700 g/mol. The van der Waals surface area contributed by atoms with E-state index >= 15 is 0 Å². The molecule has 0 unspecified atom stereocenters. The molecule has 6 aromatic heterocycles. The molecule has 128 heavy (non-hydrogen) atoms. The van der Waals surface area contributed by atoms with E-state index < -0.39 is 0 Å². The largest absolute Gasteiger partial charge is 0.569 e. The molecule has 0 bridgehead atoms. The minimum atomic E-state index is 0.183. The zero-order chi connectivity index (χ0) is 85.7. The Balaban J connectivity index is 0.000000125. The number of fused-ring (bicyclic) bond motifs is 14. The van der Waals surface area contributed by atoms with E-state index in [1.54, 1.807) is 34.8 Å². The molecule has 16 heteroatoms. The van der Waals surface area contributed by atoms with Crippen molar-refractivity contribution < 1.29 is 18.5 Å². The molecular formula is C112H65BClN8O4S2. The molecule has 0 aliphatic heterocycles. The third kappa shape index (κ3) is 14.3. The summed E-state index contributed by atoms with van der Waals surface area (Å²) in [7, 11) is 0.638. The van der Waals surface area contributed by atoms with E-state index in [2.05, 4.69) is 240 Å². The summed E-state index contributed by atoms with van der Waals surface area (Å²) in [5.74, 6) is 3.28. The number of nitrogens with zero attached hydrogens (tertiary/aromatic N) is 8. The quantitative estimate of drug-likeness (QED) is 0.108. The summed E-state index contributed by atoms with van der Waals surface area (Å²) in [6.07, 6.45) is 0. The molecule has 0 atom stereocenters. The predicted molar refractivity (Wildman–Crippen MR) is 524 cm³/mol. The average Bonchev–Trinajstić information content (AvgIpc) is 1.58. The first-order valence-electron chi connectivity index (χ1n) is 41.6. The molecule has 24 aromatic rings. The Kier molecular flexibility index (Phi) is 20.2. The molecule has 0 amide bonds. The minimum absolute atomic E-state index is 0.183. The van der Waals surface area contributed by atoms with Crippen LogP contribution in [-0.4, -0.2) is 42.6 Å². The number of hydrogen-bond acceptors (Lipinski definition) is 14. The minimum Gasteiger partial charge on any atom is -0.535 e. The van der Waals surface area contributed by atoms with Crippen LogP contribution in [-0.2, 0) is 0 Å². The standard InChI is InChI=1S/C56H32N4OS.C37H22ClN3S.C19H11BNO3/c57-33-34-13-7-19-38(31-34)41-21-9-23-43-44-24-11-27-47(51(44)61-50(41)43)55-58-54(37-16-5-2-6-17-37)59-56(60-55)48-28-12-26-46-45-25-10-22-42(52(45)62-53(46)48)39-30-29-36-18-8-20-40(49(36)32-39)35-14-3-1-4-15-35;38-37-40-35(25-12-5-2-6-13-25)39-36(41-37)31-19-9-18-30-29-17-8-16-28(33(29)42-34(30)31)26-21-20-24-14-7-15-27(32(24)22-26)23-10-3-1-4-11-23;21-11-12-4-1-5-13(10-12)14-6-2-7-15-16-8-3-9-17(24-20-22)19(16)23-18(14)15/h1-32H;1-22H;1-10,22H. The maximum absolute atomic E-state index is 9.64. The number of rotatable bonds is 13. The molecule has 1 radical (unpaired) electrons. The van der Waals surface area contributed by atoms with Crippen molar-refractivity contribution in [3.63, 3.8) is 0 Å². The van der Waals surface area contributed by atoms with Crippen LogP contribution in [0.25, 0.3) is 229 Å². The summed E-state index contributed by atoms with van der Waals surface area (Å²) >= 11 is 9.99. The molecule has 599 valence electrons. The summed E-state index contributed by atoms with van der Waals surface area (Å²) in [6.45, 7) is 0. The first kappa shape index (κ1) is 77.7. The number of aromatic nitrogens is 6. The molecule has 1 N–H and O–H groups in total. The number of nitriles is 2. The van der Waals surface area contributed by atoms with Crippen molar-refractivity contribution in [2.75, 3.05) is 0 Å². The van der Waals surface area contributed by atoms with Crippen molar-refractivity contribution in [1.82, 2.24) is 29.9 Å². The van der Waals surface area contributed by atoms with Crippen molar-refractivity contribution in [1.29, 1.82) is 10.5 Å². The second-order valence-electron chi connectivity index (χ2n) is 30.9. The number of thiophene rings is 2. The Morgan fingerprint density at radius 1 is 0.258 bits per heavy atom. The maximum Gasteiger partial charge on any atom is 0.569 e. The first-order valence-corrected chi connectivity index (χ1v) is 43.6. The molecule has 0 aliphatic rings. The van der Waals surface area contributed by atoms with Crippen LogP contribution >= 0.6 is 34.3 Å². The molecule has 24 rings (SSSR count). The highest BCUT2D eigenvalue weighted by molar-refractivity contribution is 7.27. The van der Waals surface area contributed by atoms with Crippen molar-refractivity contribution in [3.8, 4) is 142 Å². The van der Waals surface area contributed by atoms with Crippen molar-refractivity contribution in [3.05, 3.63) is 405 Å². The third-order valence-electron chi connectivity index (χ3n) is 23.4. The van der Waals surface area contributed by atoms with E-state index in [0.717, 1.165) is 97.6 Å². The molecular weight excluding hydrogens is 1630 g/mol. The number of para-hydroxylation sites is 4. The van der Waals surface area contributed by atoms with Gasteiger partial charge >= 0.3 is 7.69 Å². The van der Waals surface area contributed by atoms with Gasteiger partial charge in [0.25, 0.3) is 0 Å². The van der Waals surface area contributed by atoms with Crippen LogP contribution in [0, 0.1) is 22.7 Å². The third-order valence-corrected chi connectivity index (χ3v) is 26.2. The lowest BCUT2D eigenvalue weighted by molar-refractivity contribution is 0.451. The van der Waals surface area contributed by atoms with E-state index in [0.29, 0.717) is 64.8 Å². The Morgan fingerprint density at radius 3 is 1.02 bits per heavy atom. The lowest BCUT2D eigenvalue weighted by Gasteiger charge is -2.10. The monoisotopic (exact) mass is 1700 g/mol. The van der Waals surface area contributed by atoms with Crippen LogP contribution in [0.3, 0.4) is 0 Å². The maximum atomic E-state index is 9.64. The van der Waals surface area contributed by atoms with Gasteiger partial charge in [0.15, 0.2) is 34.7 Å². The topological polar surface area (TPSA) is 181 Å². The Bertz CT molecular complexity index is 8610. The van der Waals surface area contributed by atoms with Crippen LogP contribution in [0.1, 0.15) is 11.1 Å². The number of furan rings is 2. The lowest BCUT2D eigenvalue weighted by atomic mass is 9.94. The predicted octanol–water partition coefficient (Wildman–Crippen LogP) is 29.9. The van der Waals surface area contributed by atoms with E-state index in [-0.39, 0.29) is 5.28 Å². The van der Waals surface area contributed by atoms with Crippen molar-refractivity contribution in [2.45, 2.75) is 0 Å². The van der Waals surface area contributed by atoms with Gasteiger partial charge in [0.2, 0.25) is 5.28 Å². The van der Waals surface area contributed by atoms with Gasteiger partial charge in [-0.05, 0) is 149 Å². The summed E-state index contributed by atoms with van der Waals surface area (Å²) in [5, 5.41) is 41.3. The fraction of sp³-hybridized carbons (Fsp3) is 0. The molecule has 0 aliphatic carbocycles. The number of hydrogen-bond donors (Lipinski definition) is 1. The van der Waals surface area contributed by atoms with E-state index in [1.807, 2.05) is 158 Å². The highest BCUT2D eigenvalue weighted by atomic mass is 35.5. The van der Waals surface area contributed by atoms with Crippen molar-refractivity contribution >= 4 is 148 Å². The molecule has 0 saturated heterocycles. The lowest BCUT2D eigenvalue weighted by Crippen LogP contribution is -2.00. The summed E-state index contributed by atoms with van der Waals surface area (Å²) < 4.78 is 22.7. The molecule has 0 spiro atoms.